The Hall–Kier alpha value is -3.35. The molecule has 0 spiro atoms. The number of hydrogen-bond acceptors (Lipinski definition) is 6. The lowest BCUT2D eigenvalue weighted by Crippen LogP contribution is -1.93. The third kappa shape index (κ3) is 3.12. The van der Waals surface area contributed by atoms with E-state index in [1.54, 1.807) is 14.2 Å². The van der Waals surface area contributed by atoms with Gasteiger partial charge in [0.2, 0.25) is 5.82 Å². The molecule has 7 nitrogen and oxygen atoms in total. The van der Waals surface area contributed by atoms with E-state index in [1.807, 2.05) is 42.7 Å². The van der Waals surface area contributed by atoms with E-state index in [1.165, 1.54) is 0 Å². The zero-order chi connectivity index (χ0) is 18.8. The van der Waals surface area contributed by atoms with Crippen LogP contribution in [0.15, 0.2) is 47.2 Å². The molecule has 0 aliphatic carbocycles. The molecule has 0 fully saturated rings. The van der Waals surface area contributed by atoms with Gasteiger partial charge in [-0.05, 0) is 42.8 Å². The molecule has 2 aromatic heterocycles. The second-order valence-electron chi connectivity index (χ2n) is 6.13. The molecule has 4 rings (SSSR count). The molecule has 0 unspecified atom stereocenters. The first kappa shape index (κ1) is 17.1. The van der Waals surface area contributed by atoms with Crippen molar-refractivity contribution < 1.29 is 14.0 Å². The predicted octanol–water partition coefficient (Wildman–Crippen LogP) is 4.18. The second kappa shape index (κ2) is 7.11. The maximum absolute atomic E-state index is 5.45. The van der Waals surface area contributed by atoms with Crippen LogP contribution in [-0.4, -0.2) is 33.9 Å². The Bertz CT molecular complexity index is 1080. The third-order valence-corrected chi connectivity index (χ3v) is 4.40. The molecule has 7 heteroatoms. The standard InChI is InChI=1S/C20H20N4O3/c1-4-9-24-12-21-15-10-13(5-7-16(15)24)19-22-20(27-23-19)14-6-8-17(25-2)18(11-14)26-3/h5-8,10-12H,4,9H2,1-3H3. The van der Waals surface area contributed by atoms with Crippen LogP contribution in [-0.2, 0) is 6.54 Å². The maximum Gasteiger partial charge on any atom is 0.258 e. The zero-order valence-electron chi connectivity index (χ0n) is 15.5. The molecule has 0 saturated carbocycles. The minimum Gasteiger partial charge on any atom is -0.493 e. The normalized spacial score (nSPS) is 11.1. The monoisotopic (exact) mass is 364 g/mol. The summed E-state index contributed by atoms with van der Waals surface area (Å²) in [5.74, 6) is 2.20. The van der Waals surface area contributed by atoms with Gasteiger partial charge in [0.15, 0.2) is 11.5 Å². The van der Waals surface area contributed by atoms with Crippen LogP contribution in [0, 0.1) is 0 Å². The lowest BCUT2D eigenvalue weighted by molar-refractivity contribution is 0.355. The highest BCUT2D eigenvalue weighted by Crippen LogP contribution is 2.32. The average molecular weight is 364 g/mol. The van der Waals surface area contributed by atoms with Gasteiger partial charge in [0.1, 0.15) is 0 Å². The van der Waals surface area contributed by atoms with Crippen LogP contribution < -0.4 is 9.47 Å². The van der Waals surface area contributed by atoms with E-state index in [-0.39, 0.29) is 0 Å². The largest absolute Gasteiger partial charge is 0.493 e. The summed E-state index contributed by atoms with van der Waals surface area (Å²) >= 11 is 0. The minimum atomic E-state index is 0.419. The molecule has 0 saturated heterocycles. The van der Waals surface area contributed by atoms with Gasteiger partial charge in [-0.2, -0.15) is 4.98 Å². The van der Waals surface area contributed by atoms with E-state index in [0.717, 1.165) is 35.1 Å². The first-order valence-electron chi connectivity index (χ1n) is 8.75. The first-order chi connectivity index (χ1) is 13.2. The topological polar surface area (TPSA) is 75.2 Å². The van der Waals surface area contributed by atoms with E-state index in [0.29, 0.717) is 23.2 Å². The Labute approximate surface area is 156 Å². The first-order valence-corrected chi connectivity index (χ1v) is 8.75. The molecule has 0 atom stereocenters. The summed E-state index contributed by atoms with van der Waals surface area (Å²) in [6.07, 6.45) is 2.93. The number of ether oxygens (including phenoxy) is 2. The number of aryl methyl sites for hydroxylation is 1. The van der Waals surface area contributed by atoms with E-state index >= 15 is 0 Å². The van der Waals surface area contributed by atoms with Crippen molar-refractivity contribution in [3.05, 3.63) is 42.7 Å². The molecule has 0 N–H and O–H groups in total. The van der Waals surface area contributed by atoms with Crippen molar-refractivity contribution in [3.8, 4) is 34.3 Å². The van der Waals surface area contributed by atoms with Crippen LogP contribution >= 0.6 is 0 Å². The van der Waals surface area contributed by atoms with Gasteiger partial charge in [0.25, 0.3) is 5.89 Å². The summed E-state index contributed by atoms with van der Waals surface area (Å²) in [7, 11) is 3.19. The summed E-state index contributed by atoms with van der Waals surface area (Å²) in [4.78, 5) is 9.00. The van der Waals surface area contributed by atoms with Crippen molar-refractivity contribution in [1.82, 2.24) is 19.7 Å². The summed E-state index contributed by atoms with van der Waals surface area (Å²) in [5, 5.41) is 4.12. The van der Waals surface area contributed by atoms with E-state index in [2.05, 4.69) is 26.6 Å². The van der Waals surface area contributed by atoms with Crippen LogP contribution in [0.1, 0.15) is 13.3 Å². The van der Waals surface area contributed by atoms with Gasteiger partial charge in [0.05, 0.1) is 31.6 Å². The van der Waals surface area contributed by atoms with Crippen LogP contribution in [0.2, 0.25) is 0 Å². The van der Waals surface area contributed by atoms with Gasteiger partial charge in [-0.1, -0.05) is 12.1 Å². The number of aromatic nitrogens is 4. The van der Waals surface area contributed by atoms with Crippen molar-refractivity contribution in [2.24, 2.45) is 0 Å². The Morgan fingerprint density at radius 3 is 2.59 bits per heavy atom. The number of hydrogen-bond donors (Lipinski definition) is 0. The number of benzene rings is 2. The second-order valence-corrected chi connectivity index (χ2v) is 6.13. The Balaban J connectivity index is 1.67. The molecule has 2 aromatic carbocycles. The molecule has 0 bridgehead atoms. The molecule has 2 heterocycles. The highest BCUT2D eigenvalue weighted by Gasteiger charge is 2.14. The summed E-state index contributed by atoms with van der Waals surface area (Å²) in [6, 6.07) is 11.5. The quantitative estimate of drug-likeness (QED) is 0.511. The van der Waals surface area contributed by atoms with Gasteiger partial charge >= 0.3 is 0 Å². The maximum atomic E-state index is 5.45. The molecule has 0 amide bonds. The molecule has 0 radical (unpaired) electrons. The van der Waals surface area contributed by atoms with Crippen molar-refractivity contribution >= 4 is 11.0 Å². The van der Waals surface area contributed by atoms with E-state index < -0.39 is 0 Å². The zero-order valence-corrected chi connectivity index (χ0v) is 15.5. The minimum absolute atomic E-state index is 0.419. The van der Waals surface area contributed by atoms with Crippen molar-refractivity contribution in [3.63, 3.8) is 0 Å². The number of imidazole rings is 1. The van der Waals surface area contributed by atoms with E-state index in [4.69, 9.17) is 14.0 Å². The summed E-state index contributed by atoms with van der Waals surface area (Å²) < 4.78 is 18.2. The van der Waals surface area contributed by atoms with Gasteiger partial charge in [-0.15, -0.1) is 0 Å². The number of methoxy groups -OCH3 is 2. The molecule has 27 heavy (non-hydrogen) atoms. The van der Waals surface area contributed by atoms with E-state index in [9.17, 15) is 0 Å². The molecule has 0 aliphatic rings. The Kier molecular flexibility index (Phi) is 4.50. The smallest absolute Gasteiger partial charge is 0.258 e. The summed E-state index contributed by atoms with van der Waals surface area (Å²) in [6.45, 7) is 3.09. The number of nitrogens with zero attached hydrogens (tertiary/aromatic N) is 4. The van der Waals surface area contributed by atoms with Crippen molar-refractivity contribution in [2.75, 3.05) is 14.2 Å². The molecule has 4 aromatic rings. The third-order valence-electron chi connectivity index (χ3n) is 4.40. The highest BCUT2D eigenvalue weighted by atomic mass is 16.5. The van der Waals surface area contributed by atoms with Crippen LogP contribution in [0.25, 0.3) is 33.9 Å². The van der Waals surface area contributed by atoms with Gasteiger partial charge < -0.3 is 18.6 Å². The van der Waals surface area contributed by atoms with Crippen LogP contribution in [0.4, 0.5) is 0 Å². The molecule has 138 valence electrons. The predicted molar refractivity (Wildman–Crippen MR) is 102 cm³/mol. The van der Waals surface area contributed by atoms with Crippen LogP contribution in [0.3, 0.4) is 0 Å². The fourth-order valence-electron chi connectivity index (χ4n) is 3.05. The average Bonchev–Trinajstić information content (AvgIpc) is 3.35. The van der Waals surface area contributed by atoms with Crippen LogP contribution in [0.5, 0.6) is 11.5 Å². The van der Waals surface area contributed by atoms with Gasteiger partial charge in [-0.3, -0.25) is 0 Å². The Morgan fingerprint density at radius 2 is 1.81 bits per heavy atom. The van der Waals surface area contributed by atoms with Crippen molar-refractivity contribution in [1.29, 1.82) is 0 Å². The molecular weight excluding hydrogens is 344 g/mol. The van der Waals surface area contributed by atoms with Gasteiger partial charge in [-0.25, -0.2) is 4.98 Å². The molecule has 0 aliphatic heterocycles. The highest BCUT2D eigenvalue weighted by molar-refractivity contribution is 5.80. The lowest BCUT2D eigenvalue weighted by atomic mass is 10.2. The number of fused-ring (bicyclic) bond motifs is 1. The molecular formula is C20H20N4O3. The number of rotatable bonds is 6. The van der Waals surface area contributed by atoms with Crippen molar-refractivity contribution in [2.45, 2.75) is 19.9 Å². The summed E-state index contributed by atoms with van der Waals surface area (Å²) in [5.41, 5.74) is 3.64. The van der Waals surface area contributed by atoms with Gasteiger partial charge in [0, 0.05) is 17.7 Å². The lowest BCUT2D eigenvalue weighted by Gasteiger charge is -2.07. The fraction of sp³-hybridized carbons (Fsp3) is 0.250. The fourth-order valence-corrected chi connectivity index (χ4v) is 3.05. The Morgan fingerprint density at radius 1 is 1.00 bits per heavy atom. The SMILES string of the molecule is CCCn1cnc2cc(-c3noc(-c4ccc(OC)c(OC)c4)n3)ccc21.